The number of anilines is 1. The van der Waals surface area contributed by atoms with Gasteiger partial charge in [0.05, 0.1) is 18.6 Å². The van der Waals surface area contributed by atoms with Crippen LogP contribution < -0.4 is 5.73 Å². The molecule has 2 nitrogen and oxygen atoms in total. The largest absolute Gasteiger partial charge is 0.399 e. The SMILES string of the molecule is Cc1ccc(C2(c3cccc(N)c3)COC2)c(C)c1C. The van der Waals surface area contributed by atoms with E-state index in [1.807, 2.05) is 12.1 Å². The van der Waals surface area contributed by atoms with Crippen LogP contribution in [0.5, 0.6) is 0 Å². The van der Waals surface area contributed by atoms with Crippen LogP contribution in [0.25, 0.3) is 0 Å². The van der Waals surface area contributed by atoms with E-state index in [9.17, 15) is 0 Å². The molecule has 2 aromatic rings. The first kappa shape index (κ1) is 13.2. The van der Waals surface area contributed by atoms with Crippen LogP contribution in [-0.4, -0.2) is 13.2 Å². The van der Waals surface area contributed by atoms with Gasteiger partial charge < -0.3 is 10.5 Å². The lowest BCUT2D eigenvalue weighted by Crippen LogP contribution is -2.48. The smallest absolute Gasteiger partial charge is 0.0673 e. The second kappa shape index (κ2) is 4.64. The zero-order chi connectivity index (χ0) is 14.3. The third-order valence-corrected chi connectivity index (χ3v) is 4.71. The summed E-state index contributed by atoms with van der Waals surface area (Å²) in [6, 6.07) is 12.7. The van der Waals surface area contributed by atoms with Crippen molar-refractivity contribution in [3.63, 3.8) is 0 Å². The van der Waals surface area contributed by atoms with Crippen LogP contribution >= 0.6 is 0 Å². The van der Waals surface area contributed by atoms with Crippen molar-refractivity contribution in [1.82, 2.24) is 0 Å². The Morgan fingerprint density at radius 1 is 1.00 bits per heavy atom. The Bertz CT molecular complexity index is 656. The van der Waals surface area contributed by atoms with Crippen LogP contribution in [0.2, 0.25) is 0 Å². The van der Waals surface area contributed by atoms with Gasteiger partial charge in [-0.2, -0.15) is 0 Å². The van der Waals surface area contributed by atoms with E-state index >= 15 is 0 Å². The van der Waals surface area contributed by atoms with E-state index in [0.29, 0.717) is 0 Å². The van der Waals surface area contributed by atoms with Gasteiger partial charge in [0, 0.05) is 5.69 Å². The Hall–Kier alpha value is -1.80. The van der Waals surface area contributed by atoms with Crippen molar-refractivity contribution in [2.24, 2.45) is 0 Å². The van der Waals surface area contributed by atoms with Gasteiger partial charge in [-0.3, -0.25) is 0 Å². The molecule has 0 unspecified atom stereocenters. The molecule has 1 aliphatic rings. The van der Waals surface area contributed by atoms with E-state index in [0.717, 1.165) is 18.9 Å². The fourth-order valence-corrected chi connectivity index (χ4v) is 3.09. The molecule has 2 N–H and O–H groups in total. The summed E-state index contributed by atoms with van der Waals surface area (Å²) in [6.07, 6.45) is 0. The Morgan fingerprint density at radius 2 is 1.75 bits per heavy atom. The van der Waals surface area contributed by atoms with Crippen molar-refractivity contribution in [2.45, 2.75) is 26.2 Å². The van der Waals surface area contributed by atoms with Crippen LogP contribution in [-0.2, 0) is 10.2 Å². The molecule has 0 saturated carbocycles. The first-order valence-corrected chi connectivity index (χ1v) is 7.06. The quantitative estimate of drug-likeness (QED) is 0.845. The van der Waals surface area contributed by atoms with E-state index in [1.54, 1.807) is 0 Å². The number of hydrogen-bond donors (Lipinski definition) is 1. The van der Waals surface area contributed by atoms with Gasteiger partial charge in [-0.15, -0.1) is 0 Å². The molecule has 0 aliphatic carbocycles. The number of hydrogen-bond acceptors (Lipinski definition) is 2. The highest BCUT2D eigenvalue weighted by atomic mass is 16.5. The third kappa shape index (κ3) is 1.83. The number of aryl methyl sites for hydroxylation is 1. The summed E-state index contributed by atoms with van der Waals surface area (Å²) in [7, 11) is 0. The predicted octanol–water partition coefficient (Wildman–Crippen LogP) is 3.51. The van der Waals surface area contributed by atoms with E-state index in [-0.39, 0.29) is 5.41 Å². The summed E-state index contributed by atoms with van der Waals surface area (Å²) >= 11 is 0. The molecule has 104 valence electrons. The summed E-state index contributed by atoms with van der Waals surface area (Å²) in [5.74, 6) is 0. The van der Waals surface area contributed by atoms with Crippen LogP contribution in [0.15, 0.2) is 36.4 Å². The van der Waals surface area contributed by atoms with Gasteiger partial charge in [-0.25, -0.2) is 0 Å². The molecule has 0 radical (unpaired) electrons. The summed E-state index contributed by atoms with van der Waals surface area (Å²) < 4.78 is 5.57. The minimum absolute atomic E-state index is 0.0298. The molecule has 2 heteroatoms. The average Bonchev–Trinajstić information content (AvgIpc) is 2.37. The maximum Gasteiger partial charge on any atom is 0.0673 e. The summed E-state index contributed by atoms with van der Waals surface area (Å²) in [5, 5.41) is 0. The minimum atomic E-state index is -0.0298. The first-order valence-electron chi connectivity index (χ1n) is 7.06. The van der Waals surface area contributed by atoms with Crippen LogP contribution in [0, 0.1) is 20.8 Å². The van der Waals surface area contributed by atoms with E-state index in [1.165, 1.54) is 27.8 Å². The second-order valence-corrected chi connectivity index (χ2v) is 5.88. The second-order valence-electron chi connectivity index (χ2n) is 5.88. The highest BCUT2D eigenvalue weighted by molar-refractivity contribution is 5.53. The summed E-state index contributed by atoms with van der Waals surface area (Å²) in [4.78, 5) is 0. The van der Waals surface area contributed by atoms with Gasteiger partial charge in [-0.05, 0) is 60.7 Å². The number of benzene rings is 2. The Morgan fingerprint density at radius 3 is 2.35 bits per heavy atom. The number of ether oxygens (including phenoxy) is 1. The molecule has 1 fully saturated rings. The third-order valence-electron chi connectivity index (χ3n) is 4.71. The molecule has 0 atom stereocenters. The molecular formula is C18H21NO. The van der Waals surface area contributed by atoms with Gasteiger partial charge in [-0.1, -0.05) is 24.3 Å². The summed E-state index contributed by atoms with van der Waals surface area (Å²) in [5.41, 5.74) is 13.5. The van der Waals surface area contributed by atoms with Gasteiger partial charge >= 0.3 is 0 Å². The zero-order valence-corrected chi connectivity index (χ0v) is 12.4. The highest BCUT2D eigenvalue weighted by Crippen LogP contribution is 2.42. The fraction of sp³-hybridized carbons (Fsp3) is 0.333. The lowest BCUT2D eigenvalue weighted by atomic mass is 9.70. The van der Waals surface area contributed by atoms with Crippen LogP contribution in [0.1, 0.15) is 27.8 Å². The van der Waals surface area contributed by atoms with Gasteiger partial charge in [0.15, 0.2) is 0 Å². The molecule has 1 heterocycles. The monoisotopic (exact) mass is 267 g/mol. The van der Waals surface area contributed by atoms with Gasteiger partial charge in [0.1, 0.15) is 0 Å². The molecule has 1 saturated heterocycles. The van der Waals surface area contributed by atoms with Crippen molar-refractivity contribution in [3.05, 3.63) is 64.2 Å². The van der Waals surface area contributed by atoms with Crippen molar-refractivity contribution in [3.8, 4) is 0 Å². The standard InChI is InChI=1S/C18H21NO/c1-12-7-8-17(14(3)13(12)2)18(10-20-11-18)15-5-4-6-16(19)9-15/h4-9H,10-11,19H2,1-3H3. The van der Waals surface area contributed by atoms with E-state index in [2.05, 4.69) is 45.0 Å². The average molecular weight is 267 g/mol. The van der Waals surface area contributed by atoms with Gasteiger partial charge in [0.25, 0.3) is 0 Å². The van der Waals surface area contributed by atoms with E-state index in [4.69, 9.17) is 10.5 Å². The zero-order valence-electron chi connectivity index (χ0n) is 12.4. The number of nitrogens with two attached hydrogens (primary N) is 1. The first-order chi connectivity index (χ1) is 9.54. The number of rotatable bonds is 2. The van der Waals surface area contributed by atoms with E-state index < -0.39 is 0 Å². The molecule has 20 heavy (non-hydrogen) atoms. The topological polar surface area (TPSA) is 35.2 Å². The molecule has 0 bridgehead atoms. The molecule has 0 spiro atoms. The Balaban J connectivity index is 2.17. The maximum absolute atomic E-state index is 5.96. The molecule has 2 aromatic carbocycles. The predicted molar refractivity (Wildman–Crippen MR) is 83.1 cm³/mol. The maximum atomic E-state index is 5.96. The van der Waals surface area contributed by atoms with Crippen molar-refractivity contribution in [1.29, 1.82) is 0 Å². The summed E-state index contributed by atoms with van der Waals surface area (Å²) in [6.45, 7) is 8.04. The Kier molecular flexibility index (Phi) is 3.06. The normalized spacial score (nSPS) is 16.8. The minimum Gasteiger partial charge on any atom is -0.399 e. The van der Waals surface area contributed by atoms with Crippen molar-refractivity contribution >= 4 is 5.69 Å². The Labute approximate surface area is 120 Å². The van der Waals surface area contributed by atoms with Gasteiger partial charge in [0.2, 0.25) is 0 Å². The molecule has 3 rings (SSSR count). The molecular weight excluding hydrogens is 246 g/mol. The lowest BCUT2D eigenvalue weighted by molar-refractivity contribution is -0.0382. The van der Waals surface area contributed by atoms with Crippen molar-refractivity contribution in [2.75, 3.05) is 18.9 Å². The molecule has 1 aliphatic heterocycles. The molecule has 0 aromatic heterocycles. The fourth-order valence-electron chi connectivity index (χ4n) is 3.09. The van der Waals surface area contributed by atoms with Crippen LogP contribution in [0.4, 0.5) is 5.69 Å². The highest BCUT2D eigenvalue weighted by Gasteiger charge is 2.43. The van der Waals surface area contributed by atoms with Crippen LogP contribution in [0.3, 0.4) is 0 Å². The molecule has 0 amide bonds. The number of nitrogen functional groups attached to an aromatic ring is 1. The van der Waals surface area contributed by atoms with Crippen molar-refractivity contribution < 1.29 is 4.74 Å². The lowest BCUT2D eigenvalue weighted by Gasteiger charge is -2.44.